The van der Waals surface area contributed by atoms with E-state index in [0.717, 1.165) is 18.9 Å². The smallest absolute Gasteiger partial charge is 0.410 e. The summed E-state index contributed by atoms with van der Waals surface area (Å²) in [6.07, 6.45) is 5.64. The molecule has 2 aliphatic heterocycles. The number of hydrogen-bond donors (Lipinski definition) is 0. The predicted molar refractivity (Wildman–Crippen MR) is 113 cm³/mol. The maximum absolute atomic E-state index is 12.2. The molecule has 0 N–H and O–H groups in total. The number of rotatable bonds is 3. The first-order valence-electron chi connectivity index (χ1n) is 10.7. The lowest BCUT2D eigenvalue weighted by molar-refractivity contribution is 0.0240. The van der Waals surface area contributed by atoms with Gasteiger partial charge < -0.3 is 14.5 Å². The van der Waals surface area contributed by atoms with Gasteiger partial charge in [-0.2, -0.15) is 0 Å². The summed E-state index contributed by atoms with van der Waals surface area (Å²) in [4.78, 5) is 23.6. The van der Waals surface area contributed by atoms with Crippen molar-refractivity contribution >= 4 is 11.9 Å². The van der Waals surface area contributed by atoms with Gasteiger partial charge in [0.05, 0.1) is 0 Å². The van der Waals surface area contributed by atoms with Crippen LogP contribution in [0.5, 0.6) is 0 Å². The van der Waals surface area contributed by atoms with E-state index in [-0.39, 0.29) is 6.09 Å². The molecule has 0 saturated carbocycles. The van der Waals surface area contributed by atoms with Crippen LogP contribution in [-0.4, -0.2) is 65.2 Å². The molecule has 2 saturated heterocycles. The number of amides is 1. The second kappa shape index (κ2) is 8.68. The highest BCUT2D eigenvalue weighted by Gasteiger charge is 2.28. The van der Waals surface area contributed by atoms with Crippen molar-refractivity contribution in [3.63, 3.8) is 0 Å². The molecular weight excluding hydrogens is 352 g/mol. The summed E-state index contributed by atoms with van der Waals surface area (Å²) in [5.41, 5.74) is 0.874. The third-order valence-electron chi connectivity index (χ3n) is 5.62. The van der Waals surface area contributed by atoms with E-state index in [1.807, 2.05) is 20.8 Å². The molecule has 28 heavy (non-hydrogen) atoms. The van der Waals surface area contributed by atoms with E-state index in [1.165, 1.54) is 31.4 Å². The van der Waals surface area contributed by atoms with Crippen LogP contribution in [-0.2, 0) is 4.74 Å². The Morgan fingerprint density at radius 3 is 2.39 bits per heavy atom. The van der Waals surface area contributed by atoms with E-state index in [2.05, 4.69) is 42.0 Å². The van der Waals surface area contributed by atoms with Crippen LogP contribution >= 0.6 is 0 Å². The van der Waals surface area contributed by atoms with E-state index in [9.17, 15) is 4.79 Å². The van der Waals surface area contributed by atoms with E-state index in [0.29, 0.717) is 25.2 Å². The summed E-state index contributed by atoms with van der Waals surface area (Å²) in [5, 5.41) is 0. The molecule has 0 spiro atoms. The third kappa shape index (κ3) is 5.16. The predicted octanol–water partition coefficient (Wildman–Crippen LogP) is 4.07. The van der Waals surface area contributed by atoms with Crippen LogP contribution in [0.2, 0.25) is 0 Å². The number of aromatic nitrogens is 1. The number of carbonyl (C=O) groups is 1. The maximum Gasteiger partial charge on any atom is 0.410 e. The lowest BCUT2D eigenvalue weighted by Crippen LogP contribution is -2.50. The minimum Gasteiger partial charge on any atom is -0.444 e. The van der Waals surface area contributed by atoms with E-state index in [4.69, 9.17) is 9.72 Å². The van der Waals surface area contributed by atoms with Crippen molar-refractivity contribution in [1.82, 2.24) is 14.8 Å². The molecule has 2 fully saturated rings. The van der Waals surface area contributed by atoms with Crippen molar-refractivity contribution in [2.24, 2.45) is 0 Å². The van der Waals surface area contributed by atoms with E-state index < -0.39 is 5.60 Å². The Labute approximate surface area is 169 Å². The number of carbonyl (C=O) groups excluding carboxylic acids is 1. The number of piperazine rings is 1. The van der Waals surface area contributed by atoms with Gasteiger partial charge in [-0.25, -0.2) is 9.78 Å². The summed E-state index contributed by atoms with van der Waals surface area (Å²) in [6.45, 7) is 14.4. The van der Waals surface area contributed by atoms with Crippen LogP contribution in [0.3, 0.4) is 0 Å². The van der Waals surface area contributed by atoms with Gasteiger partial charge in [0.2, 0.25) is 0 Å². The highest BCUT2D eigenvalue weighted by atomic mass is 16.6. The first kappa shape index (κ1) is 20.9. The number of piperidine rings is 1. The lowest BCUT2D eigenvalue weighted by Gasteiger charge is -2.39. The minimum atomic E-state index is -0.450. The quantitative estimate of drug-likeness (QED) is 0.781. The molecule has 3 rings (SSSR count). The molecule has 0 aromatic carbocycles. The highest BCUT2D eigenvalue weighted by Crippen LogP contribution is 2.32. The number of pyridine rings is 1. The fourth-order valence-corrected chi connectivity index (χ4v) is 4.16. The third-order valence-corrected chi connectivity index (χ3v) is 5.62. The minimum absolute atomic E-state index is 0.221. The molecule has 156 valence electrons. The first-order chi connectivity index (χ1) is 13.2. The SMILES string of the molecule is CC(C)N1CCCC[C@H]1c1ccc(N2CCN(C(=O)OC(C)(C)C)CC2)nc1. The van der Waals surface area contributed by atoms with Crippen molar-refractivity contribution < 1.29 is 9.53 Å². The Morgan fingerprint density at radius 2 is 1.82 bits per heavy atom. The van der Waals surface area contributed by atoms with Crippen molar-refractivity contribution in [2.75, 3.05) is 37.6 Å². The highest BCUT2D eigenvalue weighted by molar-refractivity contribution is 5.68. The largest absolute Gasteiger partial charge is 0.444 e. The topological polar surface area (TPSA) is 48.9 Å². The zero-order valence-electron chi connectivity index (χ0n) is 18.1. The van der Waals surface area contributed by atoms with Gasteiger partial charge in [-0.3, -0.25) is 4.90 Å². The fourth-order valence-electron chi connectivity index (χ4n) is 4.16. The van der Waals surface area contributed by atoms with Crippen molar-refractivity contribution in [2.45, 2.75) is 71.6 Å². The summed E-state index contributed by atoms with van der Waals surface area (Å²) >= 11 is 0. The standard InChI is InChI=1S/C22H36N4O2/c1-17(2)26-11-7-6-8-19(26)18-9-10-20(23-16-18)24-12-14-25(15-13-24)21(27)28-22(3,4)5/h9-10,16-17,19H,6-8,11-15H2,1-5H3/t19-/m0/s1. The van der Waals surface area contributed by atoms with Gasteiger partial charge in [0.15, 0.2) is 0 Å². The number of nitrogens with zero attached hydrogens (tertiary/aromatic N) is 4. The Balaban J connectivity index is 1.58. The average molecular weight is 389 g/mol. The van der Waals surface area contributed by atoms with E-state index in [1.54, 1.807) is 4.90 Å². The fraction of sp³-hybridized carbons (Fsp3) is 0.727. The van der Waals surface area contributed by atoms with Gasteiger partial charge in [0, 0.05) is 44.5 Å². The summed E-state index contributed by atoms with van der Waals surface area (Å²) in [5.74, 6) is 1.000. The Hall–Kier alpha value is -1.82. The monoisotopic (exact) mass is 388 g/mol. The first-order valence-corrected chi connectivity index (χ1v) is 10.7. The second-order valence-corrected chi connectivity index (χ2v) is 9.25. The molecule has 0 bridgehead atoms. The van der Waals surface area contributed by atoms with Gasteiger partial charge in [-0.05, 0) is 65.6 Å². The molecule has 2 aliphatic rings. The van der Waals surface area contributed by atoms with Crippen LogP contribution in [0.1, 0.15) is 65.5 Å². The summed E-state index contributed by atoms with van der Waals surface area (Å²) < 4.78 is 5.48. The normalized spacial score (nSPS) is 21.9. The molecule has 0 radical (unpaired) electrons. The number of anilines is 1. The molecule has 1 atom stereocenters. The Bertz CT molecular complexity index is 645. The molecule has 1 amide bonds. The van der Waals surface area contributed by atoms with Gasteiger partial charge in [0.1, 0.15) is 11.4 Å². The molecule has 6 heteroatoms. The zero-order valence-corrected chi connectivity index (χ0v) is 18.1. The molecule has 6 nitrogen and oxygen atoms in total. The number of ether oxygens (including phenoxy) is 1. The van der Waals surface area contributed by atoms with Gasteiger partial charge in [-0.15, -0.1) is 0 Å². The van der Waals surface area contributed by atoms with Crippen LogP contribution in [0.25, 0.3) is 0 Å². The average Bonchev–Trinajstić information content (AvgIpc) is 2.67. The number of hydrogen-bond acceptors (Lipinski definition) is 5. The van der Waals surface area contributed by atoms with Crippen molar-refractivity contribution in [3.05, 3.63) is 23.9 Å². The Kier molecular flexibility index (Phi) is 6.48. The molecular formula is C22H36N4O2. The molecule has 1 aromatic heterocycles. The van der Waals surface area contributed by atoms with Crippen LogP contribution < -0.4 is 4.90 Å². The van der Waals surface area contributed by atoms with Crippen LogP contribution in [0.15, 0.2) is 18.3 Å². The summed E-state index contributed by atoms with van der Waals surface area (Å²) in [7, 11) is 0. The maximum atomic E-state index is 12.2. The van der Waals surface area contributed by atoms with E-state index >= 15 is 0 Å². The summed E-state index contributed by atoms with van der Waals surface area (Å²) in [6, 6.07) is 5.43. The number of likely N-dealkylation sites (tertiary alicyclic amines) is 1. The van der Waals surface area contributed by atoms with Crippen LogP contribution in [0.4, 0.5) is 10.6 Å². The second-order valence-electron chi connectivity index (χ2n) is 9.25. The zero-order chi connectivity index (χ0) is 20.3. The molecule has 0 aliphatic carbocycles. The van der Waals surface area contributed by atoms with Crippen LogP contribution in [0, 0.1) is 0 Å². The van der Waals surface area contributed by atoms with Crippen molar-refractivity contribution in [3.8, 4) is 0 Å². The lowest BCUT2D eigenvalue weighted by atomic mass is 9.95. The molecule has 1 aromatic rings. The van der Waals surface area contributed by atoms with Gasteiger partial charge in [-0.1, -0.05) is 12.5 Å². The van der Waals surface area contributed by atoms with Gasteiger partial charge >= 0.3 is 6.09 Å². The molecule has 0 unspecified atom stereocenters. The van der Waals surface area contributed by atoms with Gasteiger partial charge in [0.25, 0.3) is 0 Å². The van der Waals surface area contributed by atoms with Crippen molar-refractivity contribution in [1.29, 1.82) is 0 Å². The molecule has 3 heterocycles. The Morgan fingerprint density at radius 1 is 1.11 bits per heavy atom.